The number of hydrogen-bond acceptors (Lipinski definition) is 6. The van der Waals surface area contributed by atoms with Crippen LogP contribution in [-0.4, -0.2) is 32.2 Å². The highest BCUT2D eigenvalue weighted by Gasteiger charge is 2.15. The Labute approximate surface area is 150 Å². The van der Waals surface area contributed by atoms with Crippen LogP contribution in [0.3, 0.4) is 0 Å². The van der Waals surface area contributed by atoms with E-state index in [0.717, 1.165) is 4.88 Å². The first kappa shape index (κ1) is 18.8. The zero-order valence-corrected chi connectivity index (χ0v) is 15.2. The highest BCUT2D eigenvalue weighted by atomic mass is 32.1. The highest BCUT2D eigenvalue weighted by Crippen LogP contribution is 2.28. The predicted octanol–water partition coefficient (Wildman–Crippen LogP) is 3.19. The maximum atomic E-state index is 12.1. The third-order valence-corrected chi connectivity index (χ3v) is 4.44. The topological polar surface area (TPSA) is 73.9 Å². The molecule has 0 fully saturated rings. The van der Waals surface area contributed by atoms with Crippen molar-refractivity contribution in [2.45, 2.75) is 19.9 Å². The van der Waals surface area contributed by atoms with Crippen LogP contribution in [0.15, 0.2) is 35.7 Å². The summed E-state index contributed by atoms with van der Waals surface area (Å²) in [4.78, 5) is 25.1. The van der Waals surface area contributed by atoms with E-state index in [4.69, 9.17) is 14.2 Å². The highest BCUT2D eigenvalue weighted by molar-refractivity contribution is 7.10. The van der Waals surface area contributed by atoms with Crippen LogP contribution in [0, 0.1) is 0 Å². The number of carbonyl (C=O) groups is 2. The van der Waals surface area contributed by atoms with Crippen molar-refractivity contribution >= 4 is 23.2 Å². The molecule has 2 rings (SSSR count). The normalized spacial score (nSPS) is 11.5. The van der Waals surface area contributed by atoms with E-state index in [-0.39, 0.29) is 18.6 Å². The maximum Gasteiger partial charge on any atom is 0.338 e. The molecule has 0 aliphatic rings. The zero-order chi connectivity index (χ0) is 18.2. The third-order valence-electron chi connectivity index (χ3n) is 3.38. The Kier molecular flexibility index (Phi) is 6.82. The lowest BCUT2D eigenvalue weighted by Crippen LogP contribution is -2.30. The van der Waals surface area contributed by atoms with E-state index in [1.807, 2.05) is 31.4 Å². The number of hydrogen-bond donors (Lipinski definition) is 1. The average Bonchev–Trinajstić information content (AvgIpc) is 3.14. The summed E-state index contributed by atoms with van der Waals surface area (Å²) in [7, 11) is 1.52. The van der Waals surface area contributed by atoms with Crippen molar-refractivity contribution in [3.63, 3.8) is 0 Å². The molecule has 1 N–H and O–H groups in total. The van der Waals surface area contributed by atoms with Crippen LogP contribution in [0.4, 0.5) is 0 Å². The van der Waals surface area contributed by atoms with Gasteiger partial charge in [0, 0.05) is 4.88 Å². The van der Waals surface area contributed by atoms with Gasteiger partial charge in [-0.25, -0.2) is 4.79 Å². The summed E-state index contributed by atoms with van der Waals surface area (Å²) in [6.07, 6.45) is 0. The summed E-state index contributed by atoms with van der Waals surface area (Å²) < 4.78 is 15.7. The molecule has 7 heteroatoms. The molecule has 0 saturated carbocycles. The van der Waals surface area contributed by atoms with Gasteiger partial charge in [0.1, 0.15) is 0 Å². The molecule has 25 heavy (non-hydrogen) atoms. The lowest BCUT2D eigenvalue weighted by atomic mass is 10.2. The van der Waals surface area contributed by atoms with E-state index in [1.165, 1.54) is 13.2 Å². The SMILES string of the molecule is CCOc1cc(C(=O)OCC(=O)N[C@H](C)c2cccs2)ccc1OC. The summed E-state index contributed by atoms with van der Waals surface area (Å²) in [6, 6.07) is 8.46. The van der Waals surface area contributed by atoms with Crippen molar-refractivity contribution in [3.8, 4) is 11.5 Å². The molecule has 1 amide bonds. The Morgan fingerprint density at radius 2 is 2.04 bits per heavy atom. The molecule has 0 saturated heterocycles. The first-order valence-electron chi connectivity index (χ1n) is 7.85. The van der Waals surface area contributed by atoms with E-state index >= 15 is 0 Å². The number of amides is 1. The minimum Gasteiger partial charge on any atom is -0.493 e. The molecule has 1 aromatic carbocycles. The Bertz CT molecular complexity index is 714. The van der Waals surface area contributed by atoms with E-state index in [2.05, 4.69) is 5.32 Å². The number of benzene rings is 1. The number of esters is 1. The van der Waals surface area contributed by atoms with Crippen LogP contribution in [0.2, 0.25) is 0 Å². The number of carbonyl (C=O) groups excluding carboxylic acids is 2. The van der Waals surface area contributed by atoms with Crippen LogP contribution in [0.25, 0.3) is 0 Å². The first-order chi connectivity index (χ1) is 12.0. The van der Waals surface area contributed by atoms with Crippen molar-refractivity contribution in [2.75, 3.05) is 20.3 Å². The monoisotopic (exact) mass is 363 g/mol. The maximum absolute atomic E-state index is 12.1. The summed E-state index contributed by atoms with van der Waals surface area (Å²) in [5.41, 5.74) is 0.295. The van der Waals surface area contributed by atoms with E-state index in [1.54, 1.807) is 23.5 Å². The molecule has 0 aliphatic carbocycles. The van der Waals surface area contributed by atoms with Crippen molar-refractivity contribution in [2.24, 2.45) is 0 Å². The fourth-order valence-electron chi connectivity index (χ4n) is 2.18. The summed E-state index contributed by atoms with van der Waals surface area (Å²) in [5.74, 6) is 0.0338. The molecular weight excluding hydrogens is 342 g/mol. The second-order valence-corrected chi connectivity index (χ2v) is 6.16. The summed E-state index contributed by atoms with van der Waals surface area (Å²) >= 11 is 1.56. The Balaban J connectivity index is 1.91. The van der Waals surface area contributed by atoms with Crippen LogP contribution >= 0.6 is 11.3 Å². The molecule has 134 valence electrons. The largest absolute Gasteiger partial charge is 0.493 e. The Morgan fingerprint density at radius 1 is 1.24 bits per heavy atom. The average molecular weight is 363 g/mol. The van der Waals surface area contributed by atoms with E-state index in [9.17, 15) is 9.59 Å². The summed E-state index contributed by atoms with van der Waals surface area (Å²) in [5, 5.41) is 4.73. The standard InChI is InChI=1S/C18H21NO5S/c1-4-23-15-10-13(7-8-14(15)22-3)18(21)24-11-17(20)19-12(2)16-6-5-9-25-16/h5-10,12H,4,11H2,1-3H3,(H,19,20)/t12-/m1/s1. The van der Waals surface area contributed by atoms with Gasteiger partial charge in [0.2, 0.25) is 0 Å². The van der Waals surface area contributed by atoms with Crippen LogP contribution in [-0.2, 0) is 9.53 Å². The number of ether oxygens (including phenoxy) is 3. The molecule has 2 aromatic rings. The van der Waals surface area contributed by atoms with Gasteiger partial charge >= 0.3 is 5.97 Å². The minimum absolute atomic E-state index is 0.128. The van der Waals surface area contributed by atoms with Crippen molar-refractivity contribution < 1.29 is 23.8 Å². The third kappa shape index (κ3) is 5.22. The second kappa shape index (κ2) is 9.08. The van der Waals surface area contributed by atoms with Crippen LogP contribution < -0.4 is 14.8 Å². The number of nitrogens with one attached hydrogen (secondary N) is 1. The molecule has 0 spiro atoms. The smallest absolute Gasteiger partial charge is 0.338 e. The van der Waals surface area contributed by atoms with E-state index < -0.39 is 5.97 Å². The van der Waals surface area contributed by atoms with Gasteiger partial charge in [-0.1, -0.05) is 6.07 Å². The second-order valence-electron chi connectivity index (χ2n) is 5.18. The van der Waals surface area contributed by atoms with Gasteiger partial charge in [-0.15, -0.1) is 11.3 Å². The van der Waals surface area contributed by atoms with Gasteiger partial charge in [0.15, 0.2) is 18.1 Å². The molecule has 0 bridgehead atoms. The van der Waals surface area contributed by atoms with Gasteiger partial charge in [0.25, 0.3) is 5.91 Å². The molecular formula is C18H21NO5S. The van der Waals surface area contributed by atoms with Gasteiger partial charge in [-0.05, 0) is 43.5 Å². The number of methoxy groups -OCH3 is 1. The van der Waals surface area contributed by atoms with Crippen molar-refractivity contribution in [1.29, 1.82) is 0 Å². The van der Waals surface area contributed by atoms with Gasteiger partial charge < -0.3 is 19.5 Å². The lowest BCUT2D eigenvalue weighted by molar-refractivity contribution is -0.124. The Morgan fingerprint density at radius 3 is 2.68 bits per heavy atom. The minimum atomic E-state index is -0.595. The summed E-state index contributed by atoms with van der Waals surface area (Å²) in [6.45, 7) is 3.81. The van der Waals surface area contributed by atoms with Gasteiger partial charge in [-0.2, -0.15) is 0 Å². The van der Waals surface area contributed by atoms with Gasteiger partial charge in [-0.3, -0.25) is 4.79 Å². The molecule has 0 radical (unpaired) electrons. The lowest BCUT2D eigenvalue weighted by Gasteiger charge is -2.13. The molecule has 1 atom stereocenters. The van der Waals surface area contributed by atoms with Crippen molar-refractivity contribution in [1.82, 2.24) is 5.32 Å². The number of thiophene rings is 1. The molecule has 0 aliphatic heterocycles. The first-order valence-corrected chi connectivity index (χ1v) is 8.73. The fourth-order valence-corrected chi connectivity index (χ4v) is 2.91. The van der Waals surface area contributed by atoms with Crippen LogP contribution in [0.5, 0.6) is 11.5 Å². The van der Waals surface area contributed by atoms with Gasteiger partial charge in [0.05, 0.1) is 25.3 Å². The molecule has 0 unspecified atom stereocenters. The Hall–Kier alpha value is -2.54. The predicted molar refractivity (Wildman–Crippen MR) is 95.3 cm³/mol. The fraction of sp³-hybridized carbons (Fsp3) is 0.333. The zero-order valence-electron chi connectivity index (χ0n) is 14.4. The number of rotatable bonds is 8. The molecule has 6 nitrogen and oxygen atoms in total. The molecule has 1 heterocycles. The van der Waals surface area contributed by atoms with Crippen LogP contribution in [0.1, 0.15) is 35.1 Å². The van der Waals surface area contributed by atoms with E-state index in [0.29, 0.717) is 23.7 Å². The quantitative estimate of drug-likeness (QED) is 0.729. The molecule has 1 aromatic heterocycles. The van der Waals surface area contributed by atoms with Crippen molar-refractivity contribution in [3.05, 3.63) is 46.2 Å².